The van der Waals surface area contributed by atoms with E-state index >= 15 is 0 Å². The molecule has 0 amide bonds. The molecule has 1 fully saturated rings. The lowest BCUT2D eigenvalue weighted by molar-refractivity contribution is -0.139. The minimum atomic E-state index is -0.500. The van der Waals surface area contributed by atoms with Gasteiger partial charge in [-0.1, -0.05) is 0 Å². The Morgan fingerprint density at radius 3 is 2.80 bits per heavy atom. The first-order valence-corrected chi connectivity index (χ1v) is 5.04. The fourth-order valence-electron chi connectivity index (χ4n) is 1.90. The van der Waals surface area contributed by atoms with E-state index in [0.717, 1.165) is 11.4 Å². The zero-order chi connectivity index (χ0) is 11.1. The number of aryl methyl sites for hydroxylation is 1. The van der Waals surface area contributed by atoms with Crippen LogP contribution in [0.5, 0.6) is 5.75 Å². The van der Waals surface area contributed by atoms with Gasteiger partial charge in [0.25, 0.3) is 0 Å². The maximum atomic E-state index is 5.79. The predicted molar refractivity (Wildman–Crippen MR) is 55.8 cm³/mol. The fourth-order valence-corrected chi connectivity index (χ4v) is 1.90. The molecule has 1 atom stereocenters. The molecule has 0 bridgehead atoms. The summed E-state index contributed by atoms with van der Waals surface area (Å²) >= 11 is 0. The first kappa shape index (κ1) is 10.5. The smallest absolute Gasteiger partial charge is 0.163 e. The van der Waals surface area contributed by atoms with Crippen LogP contribution in [0.4, 0.5) is 0 Å². The van der Waals surface area contributed by atoms with E-state index in [1.807, 2.05) is 37.7 Å². The number of aromatic nitrogens is 1. The van der Waals surface area contributed by atoms with Crippen molar-refractivity contribution in [3.05, 3.63) is 18.0 Å². The molecule has 0 spiro atoms. The minimum Gasteiger partial charge on any atom is -0.495 e. The highest BCUT2D eigenvalue weighted by Gasteiger charge is 2.36. The zero-order valence-corrected chi connectivity index (χ0v) is 9.61. The summed E-state index contributed by atoms with van der Waals surface area (Å²) in [5.41, 5.74) is 1.03. The summed E-state index contributed by atoms with van der Waals surface area (Å²) in [6.07, 6.45) is 1.91. The van der Waals surface area contributed by atoms with E-state index in [-0.39, 0.29) is 6.10 Å². The van der Waals surface area contributed by atoms with E-state index < -0.39 is 5.79 Å². The Kier molecular flexibility index (Phi) is 2.48. The molecule has 0 aliphatic carbocycles. The highest BCUT2D eigenvalue weighted by atomic mass is 16.7. The van der Waals surface area contributed by atoms with Crippen molar-refractivity contribution in [1.29, 1.82) is 0 Å². The van der Waals surface area contributed by atoms with Crippen molar-refractivity contribution in [2.75, 3.05) is 13.7 Å². The van der Waals surface area contributed by atoms with Gasteiger partial charge in [0, 0.05) is 13.2 Å². The quantitative estimate of drug-likeness (QED) is 0.748. The summed E-state index contributed by atoms with van der Waals surface area (Å²) in [5.74, 6) is 0.351. The second-order valence-corrected chi connectivity index (χ2v) is 4.20. The second-order valence-electron chi connectivity index (χ2n) is 4.20. The number of hydrogen-bond donors (Lipinski definition) is 0. The van der Waals surface area contributed by atoms with Crippen molar-refractivity contribution in [2.24, 2.45) is 7.05 Å². The minimum absolute atomic E-state index is 0.0463. The van der Waals surface area contributed by atoms with Gasteiger partial charge in [-0.25, -0.2) is 0 Å². The van der Waals surface area contributed by atoms with Crippen LogP contribution < -0.4 is 4.74 Å². The Balaban J connectivity index is 2.26. The van der Waals surface area contributed by atoms with Gasteiger partial charge in [0.05, 0.1) is 19.4 Å². The van der Waals surface area contributed by atoms with Gasteiger partial charge < -0.3 is 18.8 Å². The van der Waals surface area contributed by atoms with E-state index in [0.29, 0.717) is 6.61 Å². The highest BCUT2D eigenvalue weighted by molar-refractivity contribution is 5.31. The van der Waals surface area contributed by atoms with Gasteiger partial charge in [0.15, 0.2) is 5.79 Å². The van der Waals surface area contributed by atoms with Crippen LogP contribution in [-0.4, -0.2) is 24.1 Å². The fraction of sp³-hybridized carbons (Fsp3) is 0.636. The molecule has 0 saturated carbocycles. The van der Waals surface area contributed by atoms with Crippen molar-refractivity contribution >= 4 is 0 Å². The van der Waals surface area contributed by atoms with Gasteiger partial charge in [-0.2, -0.15) is 0 Å². The first-order chi connectivity index (χ1) is 7.03. The second kappa shape index (κ2) is 3.54. The Hall–Kier alpha value is -1.00. The topological polar surface area (TPSA) is 32.6 Å². The monoisotopic (exact) mass is 211 g/mol. The number of methoxy groups -OCH3 is 1. The lowest BCUT2D eigenvalue weighted by atomic mass is 10.2. The maximum absolute atomic E-state index is 5.79. The van der Waals surface area contributed by atoms with E-state index in [1.54, 1.807) is 7.11 Å². The highest BCUT2D eigenvalue weighted by Crippen LogP contribution is 2.37. The predicted octanol–water partition coefficient (Wildman–Crippen LogP) is 1.86. The molecule has 2 heterocycles. The van der Waals surface area contributed by atoms with Crippen LogP contribution in [0.3, 0.4) is 0 Å². The normalized spacial score (nSPS) is 24.4. The number of nitrogens with zero attached hydrogens (tertiary/aromatic N) is 1. The first-order valence-electron chi connectivity index (χ1n) is 5.04. The number of rotatable bonds is 2. The summed E-state index contributed by atoms with van der Waals surface area (Å²) in [4.78, 5) is 0. The average molecular weight is 211 g/mol. The van der Waals surface area contributed by atoms with E-state index in [9.17, 15) is 0 Å². The van der Waals surface area contributed by atoms with E-state index in [2.05, 4.69) is 0 Å². The molecule has 4 heteroatoms. The molecule has 0 unspecified atom stereocenters. The molecule has 4 nitrogen and oxygen atoms in total. The Bertz CT molecular complexity index is 357. The van der Waals surface area contributed by atoms with Crippen LogP contribution in [0.25, 0.3) is 0 Å². The molecule has 15 heavy (non-hydrogen) atoms. The maximum Gasteiger partial charge on any atom is 0.163 e. The molecule has 84 valence electrons. The van der Waals surface area contributed by atoms with Gasteiger partial charge in [-0.3, -0.25) is 0 Å². The van der Waals surface area contributed by atoms with Gasteiger partial charge >= 0.3 is 0 Å². The standard InChI is InChI=1S/C11H17NO3/c1-11(2)14-7-9(15-11)10-8(13-4)5-6-12(10)3/h5-6,9H,7H2,1-4H3/t9-/m1/s1. The SMILES string of the molecule is COc1ccn(C)c1[C@H]1COC(C)(C)O1. The van der Waals surface area contributed by atoms with Crippen molar-refractivity contribution < 1.29 is 14.2 Å². The van der Waals surface area contributed by atoms with Crippen molar-refractivity contribution in [3.8, 4) is 5.75 Å². The Morgan fingerprint density at radius 2 is 2.27 bits per heavy atom. The number of hydrogen-bond acceptors (Lipinski definition) is 3. The van der Waals surface area contributed by atoms with Crippen molar-refractivity contribution in [3.63, 3.8) is 0 Å². The molecule has 0 N–H and O–H groups in total. The summed E-state index contributed by atoms with van der Waals surface area (Å²) in [5, 5.41) is 0. The van der Waals surface area contributed by atoms with Crippen LogP contribution in [0, 0.1) is 0 Å². The lowest BCUT2D eigenvalue weighted by Crippen LogP contribution is -2.20. The van der Waals surface area contributed by atoms with Crippen LogP contribution in [0.15, 0.2) is 12.3 Å². The van der Waals surface area contributed by atoms with Crippen LogP contribution in [0.1, 0.15) is 25.6 Å². The van der Waals surface area contributed by atoms with Gasteiger partial charge in [-0.15, -0.1) is 0 Å². The third kappa shape index (κ3) is 1.87. The lowest BCUT2D eigenvalue weighted by Gasteiger charge is -2.18. The molecule has 1 aliphatic rings. The molecular formula is C11H17NO3. The average Bonchev–Trinajstić information content (AvgIpc) is 2.69. The third-order valence-electron chi connectivity index (χ3n) is 2.62. The summed E-state index contributed by atoms with van der Waals surface area (Å²) in [7, 11) is 3.65. The van der Waals surface area contributed by atoms with E-state index in [4.69, 9.17) is 14.2 Å². The largest absolute Gasteiger partial charge is 0.495 e. The molecular weight excluding hydrogens is 194 g/mol. The number of ether oxygens (including phenoxy) is 3. The molecule has 1 saturated heterocycles. The zero-order valence-electron chi connectivity index (χ0n) is 9.61. The van der Waals surface area contributed by atoms with Gasteiger partial charge in [0.2, 0.25) is 0 Å². The van der Waals surface area contributed by atoms with Crippen molar-refractivity contribution in [2.45, 2.75) is 25.7 Å². The molecule has 1 aromatic heterocycles. The van der Waals surface area contributed by atoms with E-state index in [1.165, 1.54) is 0 Å². The molecule has 1 aliphatic heterocycles. The molecule has 1 aromatic rings. The molecule has 0 aromatic carbocycles. The van der Waals surface area contributed by atoms with Crippen LogP contribution in [0.2, 0.25) is 0 Å². The van der Waals surface area contributed by atoms with Gasteiger partial charge in [-0.05, 0) is 19.9 Å². The summed E-state index contributed by atoms with van der Waals surface area (Å²) in [6, 6.07) is 1.93. The van der Waals surface area contributed by atoms with Crippen LogP contribution in [-0.2, 0) is 16.5 Å². The van der Waals surface area contributed by atoms with Gasteiger partial charge in [0.1, 0.15) is 11.9 Å². The molecule has 2 rings (SSSR count). The third-order valence-corrected chi connectivity index (χ3v) is 2.62. The Morgan fingerprint density at radius 1 is 1.53 bits per heavy atom. The van der Waals surface area contributed by atoms with Crippen LogP contribution >= 0.6 is 0 Å². The Labute approximate surface area is 89.7 Å². The molecule has 0 radical (unpaired) electrons. The summed E-state index contributed by atoms with van der Waals surface area (Å²) in [6.45, 7) is 4.41. The van der Waals surface area contributed by atoms with Crippen molar-refractivity contribution in [1.82, 2.24) is 4.57 Å². The summed E-state index contributed by atoms with van der Waals surface area (Å²) < 4.78 is 18.6.